The zero-order valence-electron chi connectivity index (χ0n) is 17.4. The van der Waals surface area contributed by atoms with Crippen molar-refractivity contribution in [3.05, 3.63) is 120 Å². The van der Waals surface area contributed by atoms with Crippen molar-refractivity contribution >= 4 is 56.1 Å². The van der Waals surface area contributed by atoms with E-state index in [-0.39, 0.29) is 0 Å². The highest BCUT2D eigenvalue weighted by Crippen LogP contribution is 2.37. The van der Waals surface area contributed by atoms with Gasteiger partial charge in [0, 0.05) is 23.6 Å². The molecule has 0 aliphatic carbocycles. The minimum absolute atomic E-state index is 0.942. The lowest BCUT2D eigenvalue weighted by Gasteiger charge is -2.14. The summed E-state index contributed by atoms with van der Waals surface area (Å²) in [7, 11) is 0. The van der Waals surface area contributed by atoms with Crippen molar-refractivity contribution in [1.29, 1.82) is 0 Å². The van der Waals surface area contributed by atoms with Gasteiger partial charge in [-0.25, -0.2) is 0 Å². The fraction of sp³-hybridized carbons (Fsp3) is 0. The van der Waals surface area contributed by atoms with E-state index in [2.05, 4.69) is 48.5 Å². The van der Waals surface area contributed by atoms with Gasteiger partial charge in [0.05, 0.1) is 11.4 Å². The molecule has 32 heavy (non-hydrogen) atoms. The van der Waals surface area contributed by atoms with Gasteiger partial charge in [-0.1, -0.05) is 78.9 Å². The van der Waals surface area contributed by atoms with Gasteiger partial charge < -0.3 is 0 Å². The van der Waals surface area contributed by atoms with Crippen LogP contribution in [0.4, 0.5) is 11.4 Å². The molecule has 6 aromatic carbocycles. The summed E-state index contributed by atoms with van der Waals surface area (Å²) in [5.74, 6) is 0. The highest BCUT2D eigenvalue weighted by atomic mass is 14.7. The van der Waals surface area contributed by atoms with Gasteiger partial charge in [0.15, 0.2) is 0 Å². The Morgan fingerprint density at radius 3 is 1.44 bits per heavy atom. The number of para-hydroxylation sites is 2. The first-order chi connectivity index (χ1) is 15.9. The van der Waals surface area contributed by atoms with Crippen molar-refractivity contribution < 1.29 is 0 Å². The Morgan fingerprint density at radius 2 is 0.938 bits per heavy atom. The molecule has 6 rings (SSSR count). The summed E-state index contributed by atoms with van der Waals surface area (Å²) >= 11 is 0. The van der Waals surface area contributed by atoms with Crippen LogP contribution >= 0.6 is 0 Å². The lowest BCUT2D eigenvalue weighted by molar-refractivity contribution is 1.53. The quantitative estimate of drug-likeness (QED) is 0.208. The maximum atomic E-state index is 4.75. The van der Waals surface area contributed by atoms with Gasteiger partial charge in [-0.3, -0.25) is 9.98 Å². The Hall–Kier alpha value is -4.30. The average Bonchev–Trinajstić information content (AvgIpc) is 2.86. The van der Waals surface area contributed by atoms with Crippen LogP contribution in [0, 0.1) is 0 Å². The van der Waals surface area contributed by atoms with Crippen LogP contribution in [0.2, 0.25) is 0 Å². The molecule has 0 bridgehead atoms. The van der Waals surface area contributed by atoms with E-state index in [1.165, 1.54) is 32.3 Å². The Balaban J connectivity index is 1.62. The van der Waals surface area contributed by atoms with Gasteiger partial charge >= 0.3 is 0 Å². The van der Waals surface area contributed by atoms with Gasteiger partial charge in [0.25, 0.3) is 0 Å². The van der Waals surface area contributed by atoms with E-state index in [4.69, 9.17) is 9.98 Å². The smallest absolute Gasteiger partial charge is 0.0629 e. The maximum absolute atomic E-state index is 4.75. The monoisotopic (exact) mass is 408 g/mol. The Morgan fingerprint density at radius 1 is 0.438 bits per heavy atom. The highest BCUT2D eigenvalue weighted by molar-refractivity contribution is 6.27. The van der Waals surface area contributed by atoms with Crippen LogP contribution in [0.15, 0.2) is 119 Å². The van der Waals surface area contributed by atoms with Gasteiger partial charge in [0.1, 0.15) is 0 Å². The molecule has 0 spiro atoms. The predicted molar refractivity (Wildman–Crippen MR) is 138 cm³/mol. The van der Waals surface area contributed by atoms with Crippen LogP contribution in [0.3, 0.4) is 0 Å². The first-order valence-electron chi connectivity index (χ1n) is 10.8. The van der Waals surface area contributed by atoms with Crippen molar-refractivity contribution in [3.63, 3.8) is 0 Å². The van der Waals surface area contributed by atoms with E-state index in [0.29, 0.717) is 0 Å². The van der Waals surface area contributed by atoms with Crippen LogP contribution in [0.25, 0.3) is 32.3 Å². The van der Waals surface area contributed by atoms with Gasteiger partial charge in [-0.05, 0) is 62.6 Å². The fourth-order valence-corrected chi connectivity index (χ4v) is 4.42. The molecule has 0 atom stereocenters. The molecule has 2 nitrogen and oxygen atoms in total. The van der Waals surface area contributed by atoms with E-state index < -0.39 is 0 Å². The molecule has 0 aliphatic heterocycles. The van der Waals surface area contributed by atoms with Crippen LogP contribution in [0.1, 0.15) is 11.1 Å². The zero-order chi connectivity index (χ0) is 21.3. The Kier molecular flexibility index (Phi) is 4.47. The van der Waals surface area contributed by atoms with Crippen molar-refractivity contribution in [1.82, 2.24) is 0 Å². The topological polar surface area (TPSA) is 24.7 Å². The molecule has 0 amide bonds. The van der Waals surface area contributed by atoms with Crippen molar-refractivity contribution in [2.75, 3.05) is 0 Å². The first-order valence-corrected chi connectivity index (χ1v) is 10.8. The molecule has 0 N–H and O–H groups in total. The SMILES string of the molecule is C(=Nc1ccccc1)c1cc(C=Nc2ccccc2)c2ccc3cccc4ccc1c2c43. The second-order valence-corrected chi connectivity index (χ2v) is 7.92. The summed E-state index contributed by atoms with van der Waals surface area (Å²) in [5, 5.41) is 7.49. The lowest BCUT2D eigenvalue weighted by atomic mass is 9.90. The minimum Gasteiger partial charge on any atom is -0.256 e. The van der Waals surface area contributed by atoms with E-state index in [1.54, 1.807) is 0 Å². The van der Waals surface area contributed by atoms with Crippen LogP contribution in [-0.4, -0.2) is 12.4 Å². The summed E-state index contributed by atoms with van der Waals surface area (Å²) < 4.78 is 0. The highest BCUT2D eigenvalue weighted by Gasteiger charge is 2.13. The fourth-order valence-electron chi connectivity index (χ4n) is 4.42. The molecular weight excluding hydrogens is 388 g/mol. The minimum atomic E-state index is 0.942. The van der Waals surface area contributed by atoms with Crippen LogP contribution < -0.4 is 0 Å². The number of rotatable bonds is 4. The third-order valence-corrected chi connectivity index (χ3v) is 5.93. The summed E-state index contributed by atoms with van der Waals surface area (Å²) in [6, 6.07) is 37.7. The zero-order valence-corrected chi connectivity index (χ0v) is 17.4. The lowest BCUT2D eigenvalue weighted by Crippen LogP contribution is -1.94. The normalized spacial score (nSPS) is 12.1. The third kappa shape index (κ3) is 3.23. The molecule has 6 aromatic rings. The average molecular weight is 409 g/mol. The number of aliphatic imine (C=N–C) groups is 2. The summed E-state index contributed by atoms with van der Waals surface area (Å²) in [4.78, 5) is 9.50. The molecular formula is C30H20N2. The third-order valence-electron chi connectivity index (χ3n) is 5.93. The Labute approximate surface area is 186 Å². The molecule has 0 aromatic heterocycles. The van der Waals surface area contributed by atoms with E-state index >= 15 is 0 Å². The van der Waals surface area contributed by atoms with Crippen molar-refractivity contribution in [3.8, 4) is 0 Å². The van der Waals surface area contributed by atoms with E-state index in [9.17, 15) is 0 Å². The second kappa shape index (κ2) is 7.75. The maximum Gasteiger partial charge on any atom is 0.0629 e. The summed E-state index contributed by atoms with van der Waals surface area (Å²) in [6.07, 6.45) is 3.95. The predicted octanol–water partition coefficient (Wildman–Crippen LogP) is 8.09. The number of hydrogen-bond donors (Lipinski definition) is 0. The summed E-state index contributed by atoms with van der Waals surface area (Å²) in [5.41, 5.74) is 4.07. The molecule has 0 saturated carbocycles. The molecule has 0 unspecified atom stereocenters. The van der Waals surface area contributed by atoms with Gasteiger partial charge in [0.2, 0.25) is 0 Å². The standard InChI is InChI=1S/C30H20N2/c1-3-10-25(11-4-1)31-19-23-18-24(20-32-26-12-5-2-6-13-26)28-17-15-22-9-7-8-21-14-16-27(23)30(28)29(21)22/h1-20H. The van der Waals surface area contributed by atoms with Crippen LogP contribution in [-0.2, 0) is 0 Å². The van der Waals surface area contributed by atoms with E-state index in [0.717, 1.165) is 22.5 Å². The molecule has 0 radical (unpaired) electrons. The largest absolute Gasteiger partial charge is 0.256 e. The molecule has 0 heterocycles. The molecule has 150 valence electrons. The molecule has 0 saturated heterocycles. The molecule has 0 fully saturated rings. The number of hydrogen-bond acceptors (Lipinski definition) is 2. The number of benzene rings is 6. The summed E-state index contributed by atoms with van der Waals surface area (Å²) in [6.45, 7) is 0. The van der Waals surface area contributed by atoms with Crippen molar-refractivity contribution in [2.45, 2.75) is 0 Å². The molecule has 2 heteroatoms. The van der Waals surface area contributed by atoms with Gasteiger partial charge in [-0.15, -0.1) is 0 Å². The number of nitrogens with zero attached hydrogens (tertiary/aromatic N) is 2. The second-order valence-electron chi connectivity index (χ2n) is 7.92. The van der Waals surface area contributed by atoms with E-state index in [1.807, 2.05) is 73.1 Å². The first kappa shape index (κ1) is 18.5. The van der Waals surface area contributed by atoms with Gasteiger partial charge in [-0.2, -0.15) is 0 Å². The Bertz CT molecular complexity index is 1480. The van der Waals surface area contributed by atoms with Crippen molar-refractivity contribution in [2.24, 2.45) is 9.98 Å². The van der Waals surface area contributed by atoms with Crippen LogP contribution in [0.5, 0.6) is 0 Å². The molecule has 0 aliphatic rings.